The van der Waals surface area contributed by atoms with E-state index in [4.69, 9.17) is 0 Å². The average Bonchev–Trinajstić information content (AvgIpc) is 2.58. The molecule has 1 atom stereocenters. The standard InChI is InChI=1S/C11H17BrN2S/c1-3-11(5-4-6-11)14-8(2)10-13-7-9(12)15-10/h7-8,14H,3-6H2,1-2H3. The molecule has 84 valence electrons. The third-order valence-corrected chi connectivity index (χ3v) is 5.03. The second-order valence-corrected chi connectivity index (χ2v) is 6.80. The van der Waals surface area contributed by atoms with Gasteiger partial charge in [-0.1, -0.05) is 6.92 Å². The molecular weight excluding hydrogens is 272 g/mol. The van der Waals surface area contributed by atoms with E-state index in [1.54, 1.807) is 11.3 Å². The topological polar surface area (TPSA) is 24.9 Å². The third kappa shape index (κ3) is 2.43. The van der Waals surface area contributed by atoms with Crippen molar-refractivity contribution in [1.29, 1.82) is 0 Å². The van der Waals surface area contributed by atoms with Gasteiger partial charge in [0.2, 0.25) is 0 Å². The second kappa shape index (κ2) is 4.52. The predicted octanol–water partition coefficient (Wildman–Crippen LogP) is 3.89. The number of hydrogen-bond acceptors (Lipinski definition) is 3. The van der Waals surface area contributed by atoms with Gasteiger partial charge in [-0.25, -0.2) is 4.98 Å². The Labute approximate surface area is 104 Å². The van der Waals surface area contributed by atoms with Gasteiger partial charge in [0.1, 0.15) is 5.01 Å². The first-order valence-corrected chi connectivity index (χ1v) is 7.15. The van der Waals surface area contributed by atoms with Gasteiger partial charge in [0.25, 0.3) is 0 Å². The highest BCUT2D eigenvalue weighted by atomic mass is 79.9. The van der Waals surface area contributed by atoms with Crippen LogP contribution < -0.4 is 5.32 Å². The van der Waals surface area contributed by atoms with E-state index in [1.165, 1.54) is 30.7 Å². The van der Waals surface area contributed by atoms with Crippen molar-refractivity contribution >= 4 is 27.3 Å². The Balaban J connectivity index is 1.99. The zero-order valence-corrected chi connectivity index (χ0v) is 11.6. The summed E-state index contributed by atoms with van der Waals surface area (Å²) in [6.45, 7) is 4.48. The molecule has 0 bridgehead atoms. The molecule has 0 spiro atoms. The lowest BCUT2D eigenvalue weighted by atomic mass is 9.74. The smallest absolute Gasteiger partial charge is 0.110 e. The van der Waals surface area contributed by atoms with Gasteiger partial charge in [-0.15, -0.1) is 11.3 Å². The molecule has 1 aliphatic rings. The summed E-state index contributed by atoms with van der Waals surface area (Å²) >= 11 is 5.18. The highest BCUT2D eigenvalue weighted by molar-refractivity contribution is 9.11. The van der Waals surface area contributed by atoms with E-state index in [2.05, 4.69) is 40.1 Å². The van der Waals surface area contributed by atoms with Crippen LogP contribution in [0.5, 0.6) is 0 Å². The fourth-order valence-electron chi connectivity index (χ4n) is 2.19. The van der Waals surface area contributed by atoms with Crippen LogP contribution in [0.3, 0.4) is 0 Å². The summed E-state index contributed by atoms with van der Waals surface area (Å²) in [5, 5.41) is 4.92. The molecule has 1 aromatic rings. The van der Waals surface area contributed by atoms with E-state index in [9.17, 15) is 0 Å². The van der Waals surface area contributed by atoms with Crippen LogP contribution in [-0.4, -0.2) is 10.5 Å². The largest absolute Gasteiger partial charge is 0.303 e. The fraction of sp³-hybridized carbons (Fsp3) is 0.727. The lowest BCUT2D eigenvalue weighted by Gasteiger charge is -2.44. The molecule has 1 unspecified atom stereocenters. The van der Waals surface area contributed by atoms with E-state index in [1.807, 2.05) is 6.20 Å². The Hall–Kier alpha value is 0.0700. The average molecular weight is 289 g/mol. The summed E-state index contributed by atoms with van der Waals surface area (Å²) in [4.78, 5) is 4.40. The van der Waals surface area contributed by atoms with E-state index < -0.39 is 0 Å². The van der Waals surface area contributed by atoms with Crippen LogP contribution in [0, 0.1) is 0 Å². The van der Waals surface area contributed by atoms with Crippen LogP contribution in [0.1, 0.15) is 50.6 Å². The van der Waals surface area contributed by atoms with Crippen LogP contribution in [-0.2, 0) is 0 Å². The molecule has 1 heterocycles. The van der Waals surface area contributed by atoms with Crippen molar-refractivity contribution in [2.24, 2.45) is 0 Å². The SMILES string of the molecule is CCC1(NC(C)c2ncc(Br)s2)CCC1. The van der Waals surface area contributed by atoms with Gasteiger partial charge in [0.05, 0.1) is 16.0 Å². The number of thiazole rings is 1. The number of nitrogens with zero attached hydrogens (tertiary/aromatic N) is 1. The molecule has 0 amide bonds. The molecule has 0 aromatic carbocycles. The lowest BCUT2D eigenvalue weighted by molar-refractivity contribution is 0.160. The van der Waals surface area contributed by atoms with Gasteiger partial charge >= 0.3 is 0 Å². The molecule has 0 radical (unpaired) electrons. The van der Waals surface area contributed by atoms with Crippen molar-refractivity contribution in [3.8, 4) is 0 Å². The molecule has 2 nitrogen and oxygen atoms in total. The Morgan fingerprint density at radius 2 is 2.40 bits per heavy atom. The summed E-state index contributed by atoms with van der Waals surface area (Å²) in [5.41, 5.74) is 0.400. The van der Waals surface area contributed by atoms with Gasteiger partial charge in [0.15, 0.2) is 0 Å². The van der Waals surface area contributed by atoms with Crippen LogP contribution in [0.15, 0.2) is 9.98 Å². The highest BCUT2D eigenvalue weighted by Gasteiger charge is 2.36. The zero-order chi connectivity index (χ0) is 10.9. The number of aromatic nitrogens is 1. The Morgan fingerprint density at radius 3 is 2.80 bits per heavy atom. The van der Waals surface area contributed by atoms with Crippen molar-refractivity contribution < 1.29 is 0 Å². The minimum Gasteiger partial charge on any atom is -0.303 e. The van der Waals surface area contributed by atoms with Gasteiger partial charge < -0.3 is 5.32 Å². The van der Waals surface area contributed by atoms with Crippen molar-refractivity contribution in [3.05, 3.63) is 15.0 Å². The summed E-state index contributed by atoms with van der Waals surface area (Å²) < 4.78 is 1.12. The summed E-state index contributed by atoms with van der Waals surface area (Å²) in [6.07, 6.45) is 7.12. The molecule has 1 fully saturated rings. The number of halogens is 1. The number of nitrogens with one attached hydrogen (secondary N) is 1. The summed E-state index contributed by atoms with van der Waals surface area (Å²) in [5.74, 6) is 0. The first kappa shape index (κ1) is 11.6. The Bertz CT molecular complexity index is 328. The molecule has 1 saturated carbocycles. The third-order valence-electron chi connectivity index (χ3n) is 3.38. The van der Waals surface area contributed by atoms with Crippen LogP contribution in [0.2, 0.25) is 0 Å². The zero-order valence-electron chi connectivity index (χ0n) is 9.22. The van der Waals surface area contributed by atoms with E-state index in [0.29, 0.717) is 11.6 Å². The molecule has 1 aliphatic carbocycles. The molecule has 2 rings (SSSR count). The predicted molar refractivity (Wildman–Crippen MR) is 68.2 cm³/mol. The van der Waals surface area contributed by atoms with Gasteiger partial charge in [0, 0.05) is 5.54 Å². The Kier molecular flexibility index (Phi) is 3.48. The van der Waals surface area contributed by atoms with Crippen molar-refractivity contribution in [3.63, 3.8) is 0 Å². The van der Waals surface area contributed by atoms with E-state index in [0.717, 1.165) is 3.79 Å². The van der Waals surface area contributed by atoms with Crippen molar-refractivity contribution in [2.45, 2.75) is 51.1 Å². The normalized spacial score (nSPS) is 21.0. The molecule has 15 heavy (non-hydrogen) atoms. The summed E-state index contributed by atoms with van der Waals surface area (Å²) in [6, 6.07) is 0.376. The lowest BCUT2D eigenvalue weighted by Crippen LogP contribution is -2.51. The molecule has 0 aliphatic heterocycles. The van der Waals surface area contributed by atoms with E-state index >= 15 is 0 Å². The molecule has 1 aromatic heterocycles. The first-order valence-electron chi connectivity index (χ1n) is 5.54. The second-order valence-electron chi connectivity index (χ2n) is 4.36. The minimum absolute atomic E-state index is 0.376. The number of rotatable bonds is 4. The molecule has 0 saturated heterocycles. The summed E-state index contributed by atoms with van der Waals surface area (Å²) in [7, 11) is 0. The minimum atomic E-state index is 0.376. The Morgan fingerprint density at radius 1 is 1.67 bits per heavy atom. The van der Waals surface area contributed by atoms with Gasteiger partial charge in [-0.3, -0.25) is 0 Å². The maximum Gasteiger partial charge on any atom is 0.110 e. The van der Waals surface area contributed by atoms with Crippen molar-refractivity contribution in [2.75, 3.05) is 0 Å². The maximum atomic E-state index is 4.40. The van der Waals surface area contributed by atoms with Crippen LogP contribution in [0.25, 0.3) is 0 Å². The van der Waals surface area contributed by atoms with Crippen LogP contribution >= 0.6 is 27.3 Å². The number of hydrogen-bond donors (Lipinski definition) is 1. The monoisotopic (exact) mass is 288 g/mol. The highest BCUT2D eigenvalue weighted by Crippen LogP contribution is 2.37. The van der Waals surface area contributed by atoms with E-state index in [-0.39, 0.29) is 0 Å². The van der Waals surface area contributed by atoms with Gasteiger partial charge in [-0.05, 0) is 48.5 Å². The van der Waals surface area contributed by atoms with Crippen LogP contribution in [0.4, 0.5) is 0 Å². The fourth-order valence-corrected chi connectivity index (χ4v) is 3.44. The van der Waals surface area contributed by atoms with Gasteiger partial charge in [-0.2, -0.15) is 0 Å². The molecular formula is C11H17BrN2S. The first-order chi connectivity index (χ1) is 7.15. The molecule has 4 heteroatoms. The van der Waals surface area contributed by atoms with Crippen molar-refractivity contribution in [1.82, 2.24) is 10.3 Å². The quantitative estimate of drug-likeness (QED) is 0.909. The molecule has 1 N–H and O–H groups in total. The maximum absolute atomic E-state index is 4.40.